The number of ether oxygens (including phenoxy) is 1. The summed E-state index contributed by atoms with van der Waals surface area (Å²) in [6, 6.07) is 16.3. The number of amides is 3. The van der Waals surface area contributed by atoms with Crippen LogP contribution in [0.5, 0.6) is 11.5 Å². The smallest absolute Gasteiger partial charge is 0.408 e. The van der Waals surface area contributed by atoms with Crippen molar-refractivity contribution in [3.05, 3.63) is 89.0 Å². The summed E-state index contributed by atoms with van der Waals surface area (Å²) >= 11 is 0. The van der Waals surface area contributed by atoms with Gasteiger partial charge in [-0.3, -0.25) is 9.59 Å². The number of aromatic hydroxyl groups is 2. The predicted octanol–water partition coefficient (Wildman–Crippen LogP) is 5.77. The van der Waals surface area contributed by atoms with E-state index in [0.29, 0.717) is 28.8 Å². The van der Waals surface area contributed by atoms with E-state index in [0.717, 1.165) is 5.56 Å². The molecule has 4 rings (SSSR count). The van der Waals surface area contributed by atoms with Crippen molar-refractivity contribution < 1.29 is 29.3 Å². The fourth-order valence-corrected chi connectivity index (χ4v) is 5.07. The van der Waals surface area contributed by atoms with Crippen molar-refractivity contribution in [2.45, 2.75) is 78.1 Å². The predicted molar refractivity (Wildman–Crippen MR) is 165 cm³/mol. The maximum atomic E-state index is 14.6. The van der Waals surface area contributed by atoms with Gasteiger partial charge in [0.15, 0.2) is 0 Å². The third-order valence-corrected chi connectivity index (χ3v) is 7.51. The number of phenols is 2. The average molecular weight is 588 g/mol. The SMILES string of the molecule is Cc1cc(C(C(=O)Nc2ccccc2C)N(C(=O)C(Cc2ccc(O)cc2)NC(=O)OC(C)(C)C)C2CC2C)ccc1O. The van der Waals surface area contributed by atoms with Crippen LogP contribution in [0.25, 0.3) is 0 Å². The molecule has 9 nitrogen and oxygen atoms in total. The number of carbonyl (C=O) groups excluding carboxylic acids is 3. The van der Waals surface area contributed by atoms with Crippen LogP contribution in [0.3, 0.4) is 0 Å². The van der Waals surface area contributed by atoms with Crippen LogP contribution in [0.1, 0.15) is 62.4 Å². The topological polar surface area (TPSA) is 128 Å². The molecule has 43 heavy (non-hydrogen) atoms. The Labute approximate surface area is 252 Å². The minimum absolute atomic E-state index is 0.0794. The third-order valence-electron chi connectivity index (χ3n) is 7.51. The highest BCUT2D eigenvalue weighted by atomic mass is 16.6. The van der Waals surface area contributed by atoms with Gasteiger partial charge in [0.2, 0.25) is 5.91 Å². The first kappa shape index (κ1) is 31.4. The van der Waals surface area contributed by atoms with Crippen molar-refractivity contribution in [1.29, 1.82) is 0 Å². The zero-order chi connectivity index (χ0) is 31.5. The van der Waals surface area contributed by atoms with Gasteiger partial charge in [-0.15, -0.1) is 0 Å². The molecule has 1 saturated carbocycles. The molecule has 0 heterocycles. The van der Waals surface area contributed by atoms with Gasteiger partial charge in [0.1, 0.15) is 29.2 Å². The van der Waals surface area contributed by atoms with E-state index in [9.17, 15) is 24.6 Å². The summed E-state index contributed by atoms with van der Waals surface area (Å²) in [5.74, 6) is -0.560. The first-order chi connectivity index (χ1) is 20.2. The summed E-state index contributed by atoms with van der Waals surface area (Å²) in [5.41, 5.74) is 2.50. The molecule has 9 heteroatoms. The van der Waals surface area contributed by atoms with Gasteiger partial charge in [0.25, 0.3) is 5.91 Å². The van der Waals surface area contributed by atoms with Crippen LogP contribution in [-0.2, 0) is 20.7 Å². The van der Waals surface area contributed by atoms with Crippen molar-refractivity contribution in [3.63, 3.8) is 0 Å². The monoisotopic (exact) mass is 587 g/mol. The number of aryl methyl sites for hydroxylation is 2. The first-order valence-electron chi connectivity index (χ1n) is 14.5. The molecular weight excluding hydrogens is 546 g/mol. The Kier molecular flexibility index (Phi) is 9.33. The molecule has 4 atom stereocenters. The van der Waals surface area contributed by atoms with Crippen LogP contribution in [0.2, 0.25) is 0 Å². The van der Waals surface area contributed by atoms with E-state index in [2.05, 4.69) is 10.6 Å². The molecule has 0 spiro atoms. The molecule has 0 aliphatic heterocycles. The summed E-state index contributed by atoms with van der Waals surface area (Å²) in [7, 11) is 0. The van der Waals surface area contributed by atoms with Crippen LogP contribution in [0.4, 0.5) is 10.5 Å². The van der Waals surface area contributed by atoms with Crippen molar-refractivity contribution >= 4 is 23.6 Å². The Morgan fingerprint density at radius 2 is 1.63 bits per heavy atom. The number of carbonyl (C=O) groups is 3. The quantitative estimate of drug-likeness (QED) is 0.252. The van der Waals surface area contributed by atoms with Gasteiger partial charge >= 0.3 is 6.09 Å². The lowest BCUT2D eigenvalue weighted by Gasteiger charge is -2.35. The zero-order valence-electron chi connectivity index (χ0n) is 25.5. The van der Waals surface area contributed by atoms with Crippen molar-refractivity contribution in [3.8, 4) is 11.5 Å². The van der Waals surface area contributed by atoms with Gasteiger partial charge in [0, 0.05) is 18.2 Å². The summed E-state index contributed by atoms with van der Waals surface area (Å²) in [6.07, 6.45) is 0.0428. The van der Waals surface area contributed by atoms with Gasteiger partial charge < -0.3 is 30.5 Å². The van der Waals surface area contributed by atoms with Crippen LogP contribution in [-0.4, -0.2) is 50.7 Å². The summed E-state index contributed by atoms with van der Waals surface area (Å²) in [4.78, 5) is 43.3. The number of hydrogen-bond donors (Lipinski definition) is 4. The molecule has 0 aromatic heterocycles. The van der Waals surface area contributed by atoms with Crippen molar-refractivity contribution in [1.82, 2.24) is 10.2 Å². The van der Waals surface area contributed by atoms with E-state index in [1.165, 1.54) is 18.2 Å². The third kappa shape index (κ3) is 8.06. The zero-order valence-corrected chi connectivity index (χ0v) is 25.5. The highest BCUT2D eigenvalue weighted by Gasteiger charge is 2.48. The molecule has 0 bridgehead atoms. The molecule has 0 saturated heterocycles. The molecule has 4 N–H and O–H groups in total. The van der Waals surface area contributed by atoms with Crippen LogP contribution >= 0.6 is 0 Å². The average Bonchev–Trinajstić information content (AvgIpc) is 3.65. The van der Waals surface area contributed by atoms with Crippen LogP contribution < -0.4 is 10.6 Å². The summed E-state index contributed by atoms with van der Waals surface area (Å²) in [5, 5.41) is 25.8. The first-order valence-corrected chi connectivity index (χ1v) is 14.5. The van der Waals surface area contributed by atoms with Crippen molar-refractivity contribution in [2.24, 2.45) is 5.92 Å². The van der Waals surface area contributed by atoms with Crippen LogP contribution in [0.15, 0.2) is 66.7 Å². The lowest BCUT2D eigenvalue weighted by Crippen LogP contribution is -2.54. The molecule has 4 unspecified atom stereocenters. The Morgan fingerprint density at radius 1 is 0.977 bits per heavy atom. The minimum Gasteiger partial charge on any atom is -0.508 e. The molecule has 3 amide bonds. The minimum atomic E-state index is -1.07. The Bertz CT molecular complexity index is 1480. The largest absolute Gasteiger partial charge is 0.508 e. The second kappa shape index (κ2) is 12.8. The van der Waals surface area contributed by atoms with E-state index >= 15 is 0 Å². The second-order valence-corrected chi connectivity index (χ2v) is 12.3. The van der Waals surface area contributed by atoms with Gasteiger partial charge in [-0.1, -0.05) is 43.3 Å². The molecule has 1 aliphatic rings. The van der Waals surface area contributed by atoms with Gasteiger partial charge in [0.05, 0.1) is 0 Å². The summed E-state index contributed by atoms with van der Waals surface area (Å²) < 4.78 is 5.50. The maximum absolute atomic E-state index is 14.6. The molecule has 3 aromatic rings. The van der Waals surface area contributed by atoms with Gasteiger partial charge in [-0.2, -0.15) is 0 Å². The highest BCUT2D eigenvalue weighted by Crippen LogP contribution is 2.41. The number of para-hydroxylation sites is 1. The van der Waals surface area contributed by atoms with Crippen molar-refractivity contribution in [2.75, 3.05) is 5.32 Å². The van der Waals surface area contributed by atoms with E-state index < -0.39 is 35.6 Å². The Morgan fingerprint density at radius 3 is 2.21 bits per heavy atom. The number of benzene rings is 3. The molecule has 1 aliphatic carbocycles. The van der Waals surface area contributed by atoms with E-state index in [1.54, 1.807) is 62.9 Å². The van der Waals surface area contributed by atoms with Gasteiger partial charge in [-0.05, 0) is 99.5 Å². The Balaban J connectivity index is 1.77. The lowest BCUT2D eigenvalue weighted by atomic mass is 9.98. The number of nitrogens with zero attached hydrogens (tertiary/aromatic N) is 1. The maximum Gasteiger partial charge on any atom is 0.408 e. The number of phenolic OH excluding ortho intramolecular Hbond substituents is 2. The molecule has 3 aromatic carbocycles. The Hall–Kier alpha value is -4.53. The number of alkyl carbamates (subject to hydrolysis) is 1. The van der Waals surface area contributed by atoms with E-state index in [1.807, 2.05) is 32.0 Å². The van der Waals surface area contributed by atoms with Gasteiger partial charge in [-0.25, -0.2) is 4.79 Å². The second-order valence-electron chi connectivity index (χ2n) is 12.3. The normalized spacial score (nSPS) is 17.3. The lowest BCUT2D eigenvalue weighted by molar-refractivity contribution is -0.141. The van der Waals surface area contributed by atoms with Crippen LogP contribution in [0, 0.1) is 19.8 Å². The fraction of sp³-hybridized carbons (Fsp3) is 0.382. The standard InChI is InChI=1S/C34H41N3O6/c1-20-9-7-8-10-26(20)35-31(40)30(24-13-16-29(39)22(3)17-24)37(28-18-21(28)2)32(41)27(36-33(42)43-34(4,5)6)19-23-11-14-25(38)15-12-23/h7-17,21,27-28,30,38-39H,18-19H2,1-6H3,(H,35,40)(H,36,42). The molecule has 1 fully saturated rings. The molecular formula is C34H41N3O6. The molecule has 0 radical (unpaired) electrons. The van der Waals surface area contributed by atoms with E-state index in [-0.39, 0.29) is 29.9 Å². The molecule has 228 valence electrons. The number of rotatable bonds is 9. The fourth-order valence-electron chi connectivity index (χ4n) is 5.07. The number of nitrogens with one attached hydrogen (secondary N) is 2. The summed E-state index contributed by atoms with van der Waals surface area (Å²) in [6.45, 7) is 10.8. The number of anilines is 1. The van der Waals surface area contributed by atoms with E-state index in [4.69, 9.17) is 4.74 Å². The highest BCUT2D eigenvalue weighted by molar-refractivity contribution is 5.99. The number of hydrogen-bond acceptors (Lipinski definition) is 6.